The standard InChI is InChI=1S/C10H12N2O/c1-7-9(8(2)13-12-7)10(6-11)4-3-5-10/h3-5H2,1-2H3. The predicted molar refractivity (Wildman–Crippen MR) is 47.1 cm³/mol. The highest BCUT2D eigenvalue weighted by Gasteiger charge is 2.43. The molecule has 0 amide bonds. The van der Waals surface area contributed by atoms with Crippen LogP contribution in [0.2, 0.25) is 0 Å². The molecule has 0 unspecified atom stereocenters. The van der Waals surface area contributed by atoms with Gasteiger partial charge in [0.2, 0.25) is 0 Å². The van der Waals surface area contributed by atoms with E-state index < -0.39 is 0 Å². The van der Waals surface area contributed by atoms with E-state index in [1.165, 1.54) is 0 Å². The van der Waals surface area contributed by atoms with Crippen LogP contribution in [-0.4, -0.2) is 5.16 Å². The second-order valence-corrected chi connectivity index (χ2v) is 3.75. The van der Waals surface area contributed by atoms with E-state index in [0.29, 0.717) is 0 Å². The molecular weight excluding hydrogens is 164 g/mol. The first-order chi connectivity index (χ1) is 6.19. The van der Waals surface area contributed by atoms with Crippen molar-refractivity contribution in [2.24, 2.45) is 0 Å². The molecule has 0 radical (unpaired) electrons. The van der Waals surface area contributed by atoms with E-state index in [4.69, 9.17) is 9.78 Å². The summed E-state index contributed by atoms with van der Waals surface area (Å²) in [5, 5.41) is 13.0. The highest BCUT2D eigenvalue weighted by Crippen LogP contribution is 2.45. The minimum atomic E-state index is -0.284. The van der Waals surface area contributed by atoms with Crippen molar-refractivity contribution in [1.29, 1.82) is 5.26 Å². The number of aromatic nitrogens is 1. The van der Waals surface area contributed by atoms with Crippen LogP contribution in [-0.2, 0) is 5.41 Å². The molecule has 1 aromatic heterocycles. The predicted octanol–water partition coefficient (Wildman–Crippen LogP) is 2.24. The Labute approximate surface area is 77.3 Å². The van der Waals surface area contributed by atoms with Crippen molar-refractivity contribution in [3.63, 3.8) is 0 Å². The summed E-state index contributed by atoms with van der Waals surface area (Å²) in [6.07, 6.45) is 3.04. The summed E-state index contributed by atoms with van der Waals surface area (Å²) < 4.78 is 5.08. The molecule has 0 atom stereocenters. The van der Waals surface area contributed by atoms with Crippen molar-refractivity contribution in [3.8, 4) is 6.07 Å². The van der Waals surface area contributed by atoms with Crippen LogP contribution in [0, 0.1) is 25.2 Å². The fourth-order valence-corrected chi connectivity index (χ4v) is 2.11. The van der Waals surface area contributed by atoms with Crippen molar-refractivity contribution in [1.82, 2.24) is 5.16 Å². The molecule has 0 saturated heterocycles. The van der Waals surface area contributed by atoms with Crippen LogP contribution in [0.25, 0.3) is 0 Å². The summed E-state index contributed by atoms with van der Waals surface area (Å²) in [4.78, 5) is 0. The van der Waals surface area contributed by atoms with Crippen molar-refractivity contribution < 1.29 is 4.52 Å². The molecule has 0 aliphatic heterocycles. The largest absolute Gasteiger partial charge is 0.361 e. The quantitative estimate of drug-likeness (QED) is 0.659. The van der Waals surface area contributed by atoms with E-state index in [-0.39, 0.29) is 5.41 Å². The van der Waals surface area contributed by atoms with Crippen LogP contribution in [0.1, 0.15) is 36.3 Å². The fourth-order valence-electron chi connectivity index (χ4n) is 2.11. The zero-order valence-electron chi connectivity index (χ0n) is 7.92. The zero-order valence-corrected chi connectivity index (χ0v) is 7.92. The minimum absolute atomic E-state index is 0.284. The minimum Gasteiger partial charge on any atom is -0.361 e. The molecule has 0 aromatic carbocycles. The Hall–Kier alpha value is -1.30. The molecule has 2 rings (SSSR count). The Balaban J connectivity index is 2.50. The van der Waals surface area contributed by atoms with Gasteiger partial charge in [-0.2, -0.15) is 5.26 Å². The lowest BCUT2D eigenvalue weighted by Crippen LogP contribution is -2.33. The van der Waals surface area contributed by atoms with Gasteiger partial charge in [0.25, 0.3) is 0 Å². The van der Waals surface area contributed by atoms with Crippen LogP contribution >= 0.6 is 0 Å². The highest BCUT2D eigenvalue weighted by atomic mass is 16.5. The smallest absolute Gasteiger partial charge is 0.138 e. The summed E-state index contributed by atoms with van der Waals surface area (Å²) in [5.74, 6) is 0.804. The molecule has 3 nitrogen and oxygen atoms in total. The van der Waals surface area contributed by atoms with Gasteiger partial charge in [-0.05, 0) is 33.1 Å². The number of aryl methyl sites for hydroxylation is 2. The second-order valence-electron chi connectivity index (χ2n) is 3.75. The summed E-state index contributed by atoms with van der Waals surface area (Å²) in [5.41, 5.74) is 1.62. The van der Waals surface area contributed by atoms with Gasteiger partial charge in [-0.15, -0.1) is 0 Å². The highest BCUT2D eigenvalue weighted by molar-refractivity contribution is 5.39. The Morgan fingerprint density at radius 3 is 2.46 bits per heavy atom. The molecule has 0 spiro atoms. The first-order valence-corrected chi connectivity index (χ1v) is 4.54. The summed E-state index contributed by atoms with van der Waals surface area (Å²) >= 11 is 0. The van der Waals surface area contributed by atoms with E-state index in [1.807, 2.05) is 13.8 Å². The lowest BCUT2D eigenvalue weighted by Gasteiger charge is -2.34. The van der Waals surface area contributed by atoms with Crippen LogP contribution in [0.15, 0.2) is 4.52 Å². The molecule has 1 aromatic rings. The number of hydrogen-bond donors (Lipinski definition) is 0. The van der Waals surface area contributed by atoms with Gasteiger partial charge >= 0.3 is 0 Å². The van der Waals surface area contributed by atoms with Crippen molar-refractivity contribution in [2.75, 3.05) is 0 Å². The van der Waals surface area contributed by atoms with E-state index in [9.17, 15) is 0 Å². The third-order valence-corrected chi connectivity index (χ3v) is 2.93. The van der Waals surface area contributed by atoms with Gasteiger partial charge in [0.15, 0.2) is 0 Å². The number of rotatable bonds is 1. The Morgan fingerprint density at radius 1 is 1.46 bits per heavy atom. The maximum atomic E-state index is 9.14. The monoisotopic (exact) mass is 176 g/mol. The molecule has 0 bridgehead atoms. The molecule has 1 heterocycles. The Morgan fingerprint density at radius 2 is 2.15 bits per heavy atom. The molecule has 1 saturated carbocycles. The zero-order chi connectivity index (χ0) is 9.47. The van der Waals surface area contributed by atoms with Gasteiger partial charge in [0.1, 0.15) is 5.76 Å². The molecule has 1 aliphatic carbocycles. The molecule has 68 valence electrons. The summed E-state index contributed by atoms with van der Waals surface area (Å²) in [7, 11) is 0. The molecule has 1 fully saturated rings. The maximum absolute atomic E-state index is 9.14. The van der Waals surface area contributed by atoms with Crippen LogP contribution < -0.4 is 0 Å². The normalized spacial score (nSPS) is 19.2. The van der Waals surface area contributed by atoms with Crippen molar-refractivity contribution in [2.45, 2.75) is 38.5 Å². The Kier molecular flexibility index (Phi) is 1.66. The van der Waals surface area contributed by atoms with E-state index in [1.54, 1.807) is 0 Å². The molecule has 0 N–H and O–H groups in total. The number of nitrogens with zero attached hydrogens (tertiary/aromatic N) is 2. The number of nitriles is 1. The van der Waals surface area contributed by atoms with Crippen molar-refractivity contribution in [3.05, 3.63) is 17.0 Å². The van der Waals surface area contributed by atoms with Gasteiger partial charge in [-0.25, -0.2) is 0 Å². The van der Waals surface area contributed by atoms with E-state index in [2.05, 4.69) is 11.2 Å². The van der Waals surface area contributed by atoms with Gasteiger partial charge < -0.3 is 4.52 Å². The maximum Gasteiger partial charge on any atom is 0.138 e. The SMILES string of the molecule is Cc1noc(C)c1C1(C#N)CCC1. The Bertz CT molecular complexity index is 349. The van der Waals surface area contributed by atoms with Crippen molar-refractivity contribution >= 4 is 0 Å². The molecule has 13 heavy (non-hydrogen) atoms. The van der Waals surface area contributed by atoms with Crippen LogP contribution in [0.3, 0.4) is 0 Å². The lowest BCUT2D eigenvalue weighted by molar-refractivity contribution is 0.316. The molecule has 1 aliphatic rings. The molecular formula is C10H12N2O. The van der Waals surface area contributed by atoms with E-state index in [0.717, 1.165) is 36.3 Å². The van der Waals surface area contributed by atoms with Crippen LogP contribution in [0.4, 0.5) is 0 Å². The van der Waals surface area contributed by atoms with Crippen LogP contribution in [0.5, 0.6) is 0 Å². The first kappa shape index (κ1) is 8.31. The first-order valence-electron chi connectivity index (χ1n) is 4.54. The summed E-state index contributed by atoms with van der Waals surface area (Å²) in [6.45, 7) is 3.79. The van der Waals surface area contributed by atoms with Gasteiger partial charge in [0.05, 0.1) is 17.2 Å². The van der Waals surface area contributed by atoms with Gasteiger partial charge in [-0.1, -0.05) is 5.16 Å². The van der Waals surface area contributed by atoms with Gasteiger partial charge in [-0.3, -0.25) is 0 Å². The number of hydrogen-bond acceptors (Lipinski definition) is 3. The average Bonchev–Trinajstić information content (AvgIpc) is 2.35. The average molecular weight is 176 g/mol. The second kappa shape index (κ2) is 2.59. The summed E-state index contributed by atoms with van der Waals surface area (Å²) in [6, 6.07) is 2.40. The fraction of sp³-hybridized carbons (Fsp3) is 0.600. The molecule has 3 heteroatoms. The third kappa shape index (κ3) is 0.983. The topological polar surface area (TPSA) is 49.8 Å². The van der Waals surface area contributed by atoms with Gasteiger partial charge in [0, 0.05) is 5.56 Å². The lowest BCUT2D eigenvalue weighted by atomic mass is 9.65. The van der Waals surface area contributed by atoms with E-state index >= 15 is 0 Å². The third-order valence-electron chi connectivity index (χ3n) is 2.93.